The first-order valence-electron chi connectivity index (χ1n) is 11.4. The number of carbonyl (C=O) groups is 4. The Balaban J connectivity index is 1.34. The molecule has 5 amide bonds. The summed E-state index contributed by atoms with van der Waals surface area (Å²) in [5, 5.41) is 8.36. The van der Waals surface area contributed by atoms with Crippen molar-refractivity contribution in [3.8, 4) is 0 Å². The molecule has 2 fully saturated rings. The second-order valence-corrected chi connectivity index (χ2v) is 10.2. The smallest absolute Gasteiger partial charge is 0.325 e. The number of nitrogens with zero attached hydrogens (tertiary/aromatic N) is 1. The number of urea groups is 1. The van der Waals surface area contributed by atoms with Crippen molar-refractivity contribution in [1.82, 2.24) is 15.5 Å². The van der Waals surface area contributed by atoms with Crippen LogP contribution in [0.1, 0.15) is 56.2 Å². The van der Waals surface area contributed by atoms with Crippen molar-refractivity contribution >= 4 is 29.4 Å². The van der Waals surface area contributed by atoms with Gasteiger partial charge in [-0.2, -0.15) is 0 Å². The maximum Gasteiger partial charge on any atom is 0.325 e. The highest BCUT2D eigenvalue weighted by molar-refractivity contribution is 6.09. The third-order valence-electron chi connectivity index (χ3n) is 6.35. The molecule has 9 heteroatoms. The predicted octanol–water partition coefficient (Wildman–Crippen LogP) is 3.28. The molecule has 3 N–H and O–H groups in total. The zero-order chi connectivity index (χ0) is 24.5. The van der Waals surface area contributed by atoms with Crippen LogP contribution in [0.3, 0.4) is 0 Å². The van der Waals surface area contributed by atoms with Gasteiger partial charge in [-0.05, 0) is 60.4 Å². The third kappa shape index (κ3) is 4.98. The number of hydrogen-bond acceptors (Lipinski definition) is 5. The van der Waals surface area contributed by atoms with Gasteiger partial charge in [-0.1, -0.05) is 32.9 Å². The lowest BCUT2D eigenvalue weighted by atomic mass is 9.64. The Labute approximate surface area is 198 Å². The monoisotopic (exact) mass is 466 g/mol. The molecule has 2 unspecified atom stereocenters. The average Bonchev–Trinajstić information content (AvgIpc) is 3.35. The molecule has 1 aliphatic carbocycles. The lowest BCUT2D eigenvalue weighted by molar-refractivity contribution is -0.137. The number of carbonyl (C=O) groups excluding carboxylic acids is 4. The second kappa shape index (κ2) is 8.96. The SMILES string of the molecule is CC1CC(C)(C)CC2(C1)NC(=O)N(CC(=O)NCc1cccc(NC(=O)c3ccco3)c1)C2=O. The van der Waals surface area contributed by atoms with Crippen LogP contribution in [0.15, 0.2) is 47.1 Å². The first kappa shape index (κ1) is 23.5. The normalized spacial score (nSPS) is 23.6. The lowest BCUT2D eigenvalue weighted by Crippen LogP contribution is -2.54. The molecular formula is C25H30N4O5. The summed E-state index contributed by atoms with van der Waals surface area (Å²) in [4.78, 5) is 51.5. The van der Waals surface area contributed by atoms with Gasteiger partial charge in [-0.15, -0.1) is 0 Å². The van der Waals surface area contributed by atoms with E-state index in [1.165, 1.54) is 6.26 Å². The molecule has 180 valence electrons. The third-order valence-corrected chi connectivity index (χ3v) is 6.35. The quantitative estimate of drug-likeness (QED) is 0.564. The van der Waals surface area contributed by atoms with E-state index in [-0.39, 0.29) is 36.1 Å². The summed E-state index contributed by atoms with van der Waals surface area (Å²) in [5.41, 5.74) is 0.301. The Morgan fingerprint density at radius 2 is 1.97 bits per heavy atom. The summed E-state index contributed by atoms with van der Waals surface area (Å²) >= 11 is 0. The molecule has 1 aliphatic heterocycles. The van der Waals surface area contributed by atoms with Crippen LogP contribution in [-0.4, -0.2) is 40.7 Å². The number of hydrogen-bond donors (Lipinski definition) is 3. The molecule has 0 bridgehead atoms. The van der Waals surface area contributed by atoms with E-state index in [0.29, 0.717) is 24.4 Å². The molecule has 1 saturated carbocycles. The van der Waals surface area contributed by atoms with Gasteiger partial charge in [0.25, 0.3) is 11.8 Å². The standard InChI is InChI=1S/C25H30N4O5/c1-16-11-24(2,3)15-25(12-16)22(32)29(23(33)28-25)14-20(30)26-13-17-6-4-7-18(10-17)27-21(31)19-8-5-9-34-19/h4-10,16H,11-15H2,1-3H3,(H,26,30)(H,27,31)(H,28,33). The van der Waals surface area contributed by atoms with Crippen molar-refractivity contribution in [2.45, 2.75) is 52.1 Å². The van der Waals surface area contributed by atoms with Crippen LogP contribution in [0.25, 0.3) is 0 Å². The van der Waals surface area contributed by atoms with Crippen molar-refractivity contribution in [1.29, 1.82) is 0 Å². The minimum absolute atomic E-state index is 0.0732. The van der Waals surface area contributed by atoms with E-state index < -0.39 is 17.5 Å². The van der Waals surface area contributed by atoms with E-state index in [1.54, 1.807) is 36.4 Å². The number of amides is 5. The van der Waals surface area contributed by atoms with E-state index in [2.05, 4.69) is 36.7 Å². The average molecular weight is 467 g/mol. The van der Waals surface area contributed by atoms with E-state index in [9.17, 15) is 19.2 Å². The van der Waals surface area contributed by atoms with Crippen LogP contribution in [0, 0.1) is 11.3 Å². The van der Waals surface area contributed by atoms with Crippen LogP contribution in [0.5, 0.6) is 0 Å². The molecule has 9 nitrogen and oxygen atoms in total. The summed E-state index contributed by atoms with van der Waals surface area (Å²) in [6.07, 6.45) is 3.54. The van der Waals surface area contributed by atoms with Crippen molar-refractivity contribution in [3.63, 3.8) is 0 Å². The highest BCUT2D eigenvalue weighted by Gasteiger charge is 2.56. The number of furan rings is 1. The molecule has 4 rings (SSSR count). The number of anilines is 1. The highest BCUT2D eigenvalue weighted by Crippen LogP contribution is 2.46. The minimum atomic E-state index is -0.931. The number of benzene rings is 1. The first-order chi connectivity index (χ1) is 16.1. The Morgan fingerprint density at radius 1 is 1.18 bits per heavy atom. The molecular weight excluding hydrogens is 436 g/mol. The fourth-order valence-electron chi connectivity index (χ4n) is 5.41. The highest BCUT2D eigenvalue weighted by atomic mass is 16.3. The molecule has 2 atom stereocenters. The van der Waals surface area contributed by atoms with Gasteiger partial charge >= 0.3 is 6.03 Å². The molecule has 2 aliphatic rings. The first-order valence-corrected chi connectivity index (χ1v) is 11.4. The number of nitrogens with one attached hydrogen (secondary N) is 3. The van der Waals surface area contributed by atoms with Gasteiger partial charge in [0.05, 0.1) is 6.26 Å². The summed E-state index contributed by atoms with van der Waals surface area (Å²) in [7, 11) is 0. The molecule has 0 radical (unpaired) electrons. The Morgan fingerprint density at radius 3 is 2.68 bits per heavy atom. The zero-order valence-electron chi connectivity index (χ0n) is 19.6. The van der Waals surface area contributed by atoms with Crippen LogP contribution >= 0.6 is 0 Å². The van der Waals surface area contributed by atoms with Gasteiger partial charge < -0.3 is 20.4 Å². The van der Waals surface area contributed by atoms with Crippen LogP contribution in [0.4, 0.5) is 10.5 Å². The van der Waals surface area contributed by atoms with E-state index >= 15 is 0 Å². The predicted molar refractivity (Wildman–Crippen MR) is 125 cm³/mol. The van der Waals surface area contributed by atoms with Crippen LogP contribution < -0.4 is 16.0 Å². The van der Waals surface area contributed by atoms with E-state index in [4.69, 9.17) is 4.42 Å². The topological polar surface area (TPSA) is 121 Å². The van der Waals surface area contributed by atoms with E-state index in [1.807, 2.05) is 0 Å². The molecule has 1 aromatic carbocycles. The Bertz CT molecular complexity index is 1110. The maximum atomic E-state index is 13.2. The Kier molecular flexibility index (Phi) is 6.20. The van der Waals surface area contributed by atoms with Gasteiger partial charge in [0.1, 0.15) is 12.1 Å². The zero-order valence-corrected chi connectivity index (χ0v) is 19.6. The minimum Gasteiger partial charge on any atom is -0.459 e. The van der Waals surface area contributed by atoms with Crippen molar-refractivity contribution in [2.75, 3.05) is 11.9 Å². The molecule has 1 saturated heterocycles. The second-order valence-electron chi connectivity index (χ2n) is 10.2. The van der Waals surface area contributed by atoms with Crippen LogP contribution in [0.2, 0.25) is 0 Å². The molecule has 34 heavy (non-hydrogen) atoms. The Hall–Kier alpha value is -3.62. The lowest BCUT2D eigenvalue weighted by Gasteiger charge is -2.43. The van der Waals surface area contributed by atoms with Gasteiger partial charge in [0, 0.05) is 12.2 Å². The fraction of sp³-hybridized carbons (Fsp3) is 0.440. The van der Waals surface area contributed by atoms with Crippen LogP contribution in [-0.2, 0) is 16.1 Å². The van der Waals surface area contributed by atoms with Gasteiger partial charge in [0.15, 0.2) is 5.76 Å². The number of imide groups is 1. The van der Waals surface area contributed by atoms with E-state index in [0.717, 1.165) is 16.9 Å². The fourth-order valence-corrected chi connectivity index (χ4v) is 5.41. The van der Waals surface area contributed by atoms with Crippen molar-refractivity contribution in [2.24, 2.45) is 11.3 Å². The molecule has 2 heterocycles. The molecule has 1 aromatic heterocycles. The summed E-state index contributed by atoms with van der Waals surface area (Å²) < 4.78 is 5.08. The van der Waals surface area contributed by atoms with Gasteiger partial charge in [-0.25, -0.2) is 4.79 Å². The largest absolute Gasteiger partial charge is 0.459 e. The molecule has 2 aromatic rings. The van der Waals surface area contributed by atoms with Gasteiger partial charge in [0.2, 0.25) is 5.91 Å². The summed E-state index contributed by atoms with van der Waals surface area (Å²) in [6.45, 7) is 6.13. The summed E-state index contributed by atoms with van der Waals surface area (Å²) in [6, 6.07) is 9.69. The van der Waals surface area contributed by atoms with Crippen molar-refractivity contribution < 1.29 is 23.6 Å². The van der Waals surface area contributed by atoms with Crippen molar-refractivity contribution in [3.05, 3.63) is 54.0 Å². The number of rotatable bonds is 6. The molecule has 1 spiro atoms. The maximum absolute atomic E-state index is 13.2. The summed E-state index contributed by atoms with van der Waals surface area (Å²) in [5.74, 6) is -0.648. The van der Waals surface area contributed by atoms with Gasteiger partial charge in [-0.3, -0.25) is 19.3 Å².